The highest BCUT2D eigenvalue weighted by atomic mass is 32.1. The van der Waals surface area contributed by atoms with Gasteiger partial charge in [-0.2, -0.15) is 0 Å². The van der Waals surface area contributed by atoms with E-state index in [0.717, 1.165) is 26.4 Å². The topological polar surface area (TPSA) is 76.1 Å². The van der Waals surface area contributed by atoms with Crippen LogP contribution in [-0.2, 0) is 11.2 Å². The number of pyridine rings is 2. The Bertz CT molecular complexity index is 1540. The molecule has 0 aliphatic rings. The number of hydrogen-bond donors (Lipinski definition) is 2. The number of benzene rings is 2. The van der Waals surface area contributed by atoms with E-state index in [4.69, 9.17) is 17.0 Å². The van der Waals surface area contributed by atoms with Crippen molar-refractivity contribution >= 4 is 50.5 Å². The van der Waals surface area contributed by atoms with Crippen molar-refractivity contribution in [1.29, 1.82) is 0 Å². The minimum atomic E-state index is -0.579. The Labute approximate surface area is 215 Å². The zero-order chi connectivity index (χ0) is 24.9. The van der Waals surface area contributed by atoms with Gasteiger partial charge in [0.15, 0.2) is 16.7 Å². The van der Waals surface area contributed by atoms with E-state index in [1.54, 1.807) is 24.5 Å². The summed E-state index contributed by atoms with van der Waals surface area (Å²) in [5.74, 6) is -0.290. The molecule has 0 unspecified atom stereocenters. The summed E-state index contributed by atoms with van der Waals surface area (Å²) < 4.78 is 21.6. The Morgan fingerprint density at radius 3 is 2.56 bits per heavy atom. The number of carbonyl (C=O) groups is 1. The van der Waals surface area contributed by atoms with E-state index in [1.807, 2.05) is 54.6 Å². The first-order valence-electron chi connectivity index (χ1n) is 11.0. The van der Waals surface area contributed by atoms with Gasteiger partial charge in [-0.25, -0.2) is 4.39 Å². The molecule has 36 heavy (non-hydrogen) atoms. The highest BCUT2D eigenvalue weighted by Crippen LogP contribution is 2.39. The summed E-state index contributed by atoms with van der Waals surface area (Å²) in [7, 11) is 0. The zero-order valence-electron chi connectivity index (χ0n) is 18.8. The molecule has 0 spiro atoms. The molecule has 5 rings (SSSR count). The molecule has 0 fully saturated rings. The monoisotopic (exact) mass is 514 g/mol. The molecule has 3 heterocycles. The van der Waals surface area contributed by atoms with Crippen LogP contribution < -0.4 is 15.4 Å². The zero-order valence-corrected chi connectivity index (χ0v) is 20.4. The van der Waals surface area contributed by atoms with Crippen molar-refractivity contribution in [1.82, 2.24) is 15.3 Å². The van der Waals surface area contributed by atoms with Gasteiger partial charge < -0.3 is 15.4 Å². The Morgan fingerprint density at radius 1 is 0.944 bits per heavy atom. The van der Waals surface area contributed by atoms with Gasteiger partial charge in [0.05, 0.1) is 27.2 Å². The van der Waals surface area contributed by atoms with Crippen LogP contribution >= 0.6 is 23.6 Å². The van der Waals surface area contributed by atoms with Crippen molar-refractivity contribution in [3.8, 4) is 22.1 Å². The Morgan fingerprint density at radius 2 is 1.78 bits per heavy atom. The summed E-state index contributed by atoms with van der Waals surface area (Å²) in [5, 5.41) is 5.52. The number of rotatable bonds is 6. The molecule has 6 nitrogen and oxygen atoms in total. The third-order valence-electron chi connectivity index (χ3n) is 5.16. The number of aromatic nitrogens is 2. The average Bonchev–Trinajstić information content (AvgIpc) is 3.32. The number of anilines is 1. The minimum Gasteiger partial charge on any atom is -0.453 e. The van der Waals surface area contributed by atoms with E-state index in [0.29, 0.717) is 11.4 Å². The molecule has 1 amide bonds. The lowest BCUT2D eigenvalue weighted by Gasteiger charge is -2.12. The lowest BCUT2D eigenvalue weighted by Crippen LogP contribution is -2.35. The first-order chi connectivity index (χ1) is 17.5. The molecule has 0 saturated carbocycles. The summed E-state index contributed by atoms with van der Waals surface area (Å²) in [5.41, 5.74) is 2.83. The molecule has 0 radical (unpaired) electrons. The van der Waals surface area contributed by atoms with Crippen LogP contribution in [-0.4, -0.2) is 21.0 Å². The van der Waals surface area contributed by atoms with E-state index in [9.17, 15) is 9.18 Å². The van der Waals surface area contributed by atoms with Crippen LogP contribution in [0.4, 0.5) is 10.1 Å². The van der Waals surface area contributed by atoms with Gasteiger partial charge in [0.1, 0.15) is 5.75 Å². The van der Waals surface area contributed by atoms with Crippen LogP contribution in [0.1, 0.15) is 5.56 Å². The van der Waals surface area contributed by atoms with Crippen molar-refractivity contribution in [3.05, 3.63) is 103 Å². The number of halogens is 1. The second-order valence-corrected chi connectivity index (χ2v) is 9.22. The summed E-state index contributed by atoms with van der Waals surface area (Å²) in [4.78, 5) is 21.9. The maximum atomic E-state index is 14.9. The van der Waals surface area contributed by atoms with Crippen molar-refractivity contribution in [2.75, 3.05) is 5.32 Å². The average molecular weight is 515 g/mol. The predicted molar refractivity (Wildman–Crippen MR) is 144 cm³/mol. The fraction of sp³-hybridized carbons (Fsp3) is 0.0370. The van der Waals surface area contributed by atoms with E-state index in [-0.39, 0.29) is 23.2 Å². The van der Waals surface area contributed by atoms with E-state index >= 15 is 0 Å². The normalized spacial score (nSPS) is 10.7. The van der Waals surface area contributed by atoms with Crippen molar-refractivity contribution in [3.63, 3.8) is 0 Å². The summed E-state index contributed by atoms with van der Waals surface area (Å²) in [6.45, 7) is 0. The number of carbonyl (C=O) groups excluding carboxylic acids is 1. The smallest absolute Gasteiger partial charge is 0.230 e. The molecular formula is C27H19FN4O2S2. The summed E-state index contributed by atoms with van der Waals surface area (Å²) in [6, 6.07) is 23.0. The molecule has 0 aliphatic carbocycles. The van der Waals surface area contributed by atoms with Crippen LogP contribution in [0.25, 0.3) is 20.8 Å². The molecule has 5 aromatic rings. The van der Waals surface area contributed by atoms with Crippen LogP contribution in [0.3, 0.4) is 0 Å². The molecule has 9 heteroatoms. The first-order valence-corrected chi connectivity index (χ1v) is 12.2. The molecule has 3 aromatic heterocycles. The van der Waals surface area contributed by atoms with Gasteiger partial charge in [0.25, 0.3) is 0 Å². The number of amides is 1. The number of fused-ring (bicyclic) bond motifs is 1. The summed E-state index contributed by atoms with van der Waals surface area (Å²) >= 11 is 6.68. The largest absolute Gasteiger partial charge is 0.453 e. The van der Waals surface area contributed by atoms with E-state index in [1.165, 1.54) is 23.5 Å². The first kappa shape index (κ1) is 23.5. The second kappa shape index (κ2) is 10.6. The van der Waals surface area contributed by atoms with Gasteiger partial charge >= 0.3 is 0 Å². The third kappa shape index (κ3) is 5.54. The number of thiocarbonyl (C=S) groups is 1. The standard InChI is InChI=1S/C27H19FN4O2S2/c28-19-15-18(31-27(35)32-25(33)14-17-6-2-1-3-7-17)9-10-22(19)34-23-11-13-30-21-16-24(36-26(21)23)20-8-4-5-12-29-20/h1-13,15-16H,14H2,(H2,31,32,33,35). The van der Waals surface area contributed by atoms with Gasteiger partial charge in [0, 0.05) is 30.2 Å². The lowest BCUT2D eigenvalue weighted by atomic mass is 10.1. The molecule has 0 atom stereocenters. The fourth-order valence-corrected chi connectivity index (χ4v) is 4.80. The lowest BCUT2D eigenvalue weighted by molar-refractivity contribution is -0.119. The van der Waals surface area contributed by atoms with Crippen LogP contribution in [0.15, 0.2) is 91.3 Å². The SMILES string of the molecule is O=C(Cc1ccccc1)NC(=S)Nc1ccc(Oc2ccnc3cc(-c4ccccn4)sc23)c(F)c1. The molecule has 0 aliphatic heterocycles. The number of thiophene rings is 1. The number of nitrogens with zero attached hydrogens (tertiary/aromatic N) is 2. The van der Waals surface area contributed by atoms with Gasteiger partial charge in [-0.3, -0.25) is 14.8 Å². The molecule has 2 aromatic carbocycles. The maximum Gasteiger partial charge on any atom is 0.230 e. The number of ether oxygens (including phenoxy) is 1. The van der Waals surface area contributed by atoms with E-state index < -0.39 is 5.82 Å². The van der Waals surface area contributed by atoms with Gasteiger partial charge in [0.2, 0.25) is 5.91 Å². The third-order valence-corrected chi connectivity index (χ3v) is 6.53. The van der Waals surface area contributed by atoms with Gasteiger partial charge in [-0.1, -0.05) is 36.4 Å². The van der Waals surface area contributed by atoms with Crippen LogP contribution in [0.2, 0.25) is 0 Å². The molecule has 2 N–H and O–H groups in total. The molecular weight excluding hydrogens is 495 g/mol. The summed E-state index contributed by atoms with van der Waals surface area (Å²) in [6.07, 6.45) is 3.54. The quantitative estimate of drug-likeness (QED) is 0.257. The minimum absolute atomic E-state index is 0.0554. The molecule has 0 bridgehead atoms. The molecule has 0 saturated heterocycles. The number of nitrogens with one attached hydrogen (secondary N) is 2. The van der Waals surface area contributed by atoms with Crippen molar-refractivity contribution < 1.29 is 13.9 Å². The Hall–Kier alpha value is -4.21. The maximum absolute atomic E-state index is 14.9. The Kier molecular flexibility index (Phi) is 6.92. The van der Waals surface area contributed by atoms with Crippen molar-refractivity contribution in [2.24, 2.45) is 0 Å². The molecule has 178 valence electrons. The van der Waals surface area contributed by atoms with Crippen LogP contribution in [0.5, 0.6) is 11.5 Å². The highest BCUT2D eigenvalue weighted by Gasteiger charge is 2.14. The highest BCUT2D eigenvalue weighted by molar-refractivity contribution is 7.80. The second-order valence-electron chi connectivity index (χ2n) is 7.76. The van der Waals surface area contributed by atoms with Gasteiger partial charge in [-0.05, 0) is 48.1 Å². The predicted octanol–water partition coefficient (Wildman–Crippen LogP) is 6.35. The Balaban J connectivity index is 1.27. The fourth-order valence-electron chi connectivity index (χ4n) is 3.52. The van der Waals surface area contributed by atoms with Crippen molar-refractivity contribution in [2.45, 2.75) is 6.42 Å². The van der Waals surface area contributed by atoms with E-state index in [2.05, 4.69) is 20.6 Å². The van der Waals surface area contributed by atoms with Crippen LogP contribution in [0, 0.1) is 5.82 Å². The van der Waals surface area contributed by atoms with Gasteiger partial charge in [-0.15, -0.1) is 11.3 Å². The number of hydrogen-bond acceptors (Lipinski definition) is 6.